The summed E-state index contributed by atoms with van der Waals surface area (Å²) < 4.78 is 0. The highest BCUT2D eigenvalue weighted by atomic mass is 32.2. The van der Waals surface area contributed by atoms with Crippen LogP contribution in [-0.4, -0.2) is 49.1 Å². The van der Waals surface area contributed by atoms with Gasteiger partial charge in [-0.2, -0.15) is 11.8 Å². The zero-order valence-corrected chi connectivity index (χ0v) is 13.7. The Morgan fingerprint density at radius 3 is 2.89 bits per heavy atom. The van der Waals surface area contributed by atoms with Gasteiger partial charge in [-0.15, -0.1) is 0 Å². The molecular weight excluding hydrogens is 252 g/mol. The second-order valence-electron chi connectivity index (χ2n) is 6.39. The van der Waals surface area contributed by atoms with Gasteiger partial charge in [0.05, 0.1) is 0 Å². The second kappa shape index (κ2) is 8.53. The molecule has 2 fully saturated rings. The third-order valence-corrected chi connectivity index (χ3v) is 6.01. The molecule has 3 unspecified atom stereocenters. The van der Waals surface area contributed by atoms with Gasteiger partial charge in [-0.25, -0.2) is 0 Å². The first kappa shape index (κ1) is 15.7. The van der Waals surface area contributed by atoms with E-state index in [0.717, 1.165) is 17.9 Å². The third-order valence-electron chi connectivity index (χ3n) is 4.97. The van der Waals surface area contributed by atoms with Crippen LogP contribution in [0.25, 0.3) is 0 Å². The molecule has 1 saturated heterocycles. The van der Waals surface area contributed by atoms with E-state index in [1.807, 2.05) is 0 Å². The summed E-state index contributed by atoms with van der Waals surface area (Å²) in [6.07, 6.45) is 8.51. The molecule has 2 aliphatic rings. The van der Waals surface area contributed by atoms with Gasteiger partial charge in [0, 0.05) is 24.9 Å². The van der Waals surface area contributed by atoms with Crippen molar-refractivity contribution in [2.24, 2.45) is 11.8 Å². The van der Waals surface area contributed by atoms with Crippen LogP contribution in [-0.2, 0) is 0 Å². The molecule has 2 rings (SSSR count). The predicted octanol–water partition coefficient (Wildman–Crippen LogP) is 3.23. The Morgan fingerprint density at radius 1 is 1.21 bits per heavy atom. The van der Waals surface area contributed by atoms with Crippen LogP contribution < -0.4 is 5.32 Å². The van der Waals surface area contributed by atoms with Crippen molar-refractivity contribution in [2.45, 2.75) is 51.5 Å². The normalized spacial score (nSPS) is 34.1. The molecular formula is C16H32N2S. The Kier molecular flexibility index (Phi) is 7.03. The lowest BCUT2D eigenvalue weighted by molar-refractivity contribution is 0.144. The summed E-state index contributed by atoms with van der Waals surface area (Å²) in [6.45, 7) is 6.33. The maximum atomic E-state index is 3.59. The number of thioether (sulfide) groups is 1. The average molecular weight is 285 g/mol. The van der Waals surface area contributed by atoms with Gasteiger partial charge in [0.2, 0.25) is 0 Å². The summed E-state index contributed by atoms with van der Waals surface area (Å²) in [6, 6.07) is 0.768. The topological polar surface area (TPSA) is 15.3 Å². The predicted molar refractivity (Wildman–Crippen MR) is 87.0 cm³/mol. The average Bonchev–Trinajstić information content (AvgIpc) is 2.68. The summed E-state index contributed by atoms with van der Waals surface area (Å²) in [5.41, 5.74) is 0. The molecule has 3 heteroatoms. The zero-order chi connectivity index (χ0) is 13.5. The monoisotopic (exact) mass is 284 g/mol. The van der Waals surface area contributed by atoms with E-state index in [1.165, 1.54) is 69.7 Å². The molecule has 0 aromatic rings. The molecule has 0 aromatic carbocycles. The number of hydrogen-bond donors (Lipinski definition) is 1. The number of nitrogens with one attached hydrogen (secondary N) is 1. The molecule has 0 radical (unpaired) electrons. The number of rotatable bonds is 5. The quantitative estimate of drug-likeness (QED) is 0.834. The van der Waals surface area contributed by atoms with Crippen molar-refractivity contribution in [3.63, 3.8) is 0 Å². The molecule has 0 spiro atoms. The maximum absolute atomic E-state index is 3.59. The molecule has 19 heavy (non-hydrogen) atoms. The Balaban J connectivity index is 1.86. The zero-order valence-electron chi connectivity index (χ0n) is 12.9. The van der Waals surface area contributed by atoms with Crippen molar-refractivity contribution in [1.82, 2.24) is 10.2 Å². The second-order valence-corrected chi connectivity index (χ2v) is 7.61. The highest BCUT2D eigenvalue weighted by Gasteiger charge is 2.30. The van der Waals surface area contributed by atoms with Crippen LogP contribution in [0.5, 0.6) is 0 Å². The van der Waals surface area contributed by atoms with Gasteiger partial charge >= 0.3 is 0 Å². The molecule has 3 atom stereocenters. The van der Waals surface area contributed by atoms with Gasteiger partial charge in [0.25, 0.3) is 0 Å². The van der Waals surface area contributed by atoms with Crippen LogP contribution in [0.2, 0.25) is 0 Å². The van der Waals surface area contributed by atoms with Gasteiger partial charge in [0.15, 0.2) is 0 Å². The van der Waals surface area contributed by atoms with Crippen LogP contribution in [0.4, 0.5) is 0 Å². The van der Waals surface area contributed by atoms with Gasteiger partial charge in [0.1, 0.15) is 0 Å². The summed E-state index contributed by atoms with van der Waals surface area (Å²) >= 11 is 2.14. The standard InChI is InChI=1S/C16H32N2S/c1-3-5-14-6-7-16(17-2)15(12-14)13-18-8-4-10-19-11-9-18/h14-17H,3-13H2,1-2H3. The van der Waals surface area contributed by atoms with Crippen molar-refractivity contribution < 1.29 is 0 Å². The van der Waals surface area contributed by atoms with Gasteiger partial charge in [-0.1, -0.05) is 19.8 Å². The Hall–Kier alpha value is 0.270. The Labute approximate surface area is 124 Å². The molecule has 0 bridgehead atoms. The van der Waals surface area contributed by atoms with Crippen molar-refractivity contribution in [2.75, 3.05) is 38.2 Å². The number of hydrogen-bond acceptors (Lipinski definition) is 3. The van der Waals surface area contributed by atoms with Crippen molar-refractivity contribution in [3.8, 4) is 0 Å². The van der Waals surface area contributed by atoms with Gasteiger partial charge < -0.3 is 10.2 Å². The van der Waals surface area contributed by atoms with E-state index in [2.05, 4.69) is 35.9 Å². The minimum Gasteiger partial charge on any atom is -0.317 e. The molecule has 1 saturated carbocycles. The van der Waals surface area contributed by atoms with Crippen LogP contribution >= 0.6 is 11.8 Å². The fraction of sp³-hybridized carbons (Fsp3) is 1.00. The fourth-order valence-corrected chi connectivity index (χ4v) is 4.85. The summed E-state index contributed by atoms with van der Waals surface area (Å²) in [4.78, 5) is 2.74. The summed E-state index contributed by atoms with van der Waals surface area (Å²) in [5, 5.41) is 3.59. The minimum absolute atomic E-state index is 0.768. The maximum Gasteiger partial charge on any atom is 0.0105 e. The van der Waals surface area contributed by atoms with E-state index in [1.54, 1.807) is 0 Å². The summed E-state index contributed by atoms with van der Waals surface area (Å²) in [5.74, 6) is 4.60. The molecule has 1 heterocycles. The van der Waals surface area contributed by atoms with E-state index in [4.69, 9.17) is 0 Å². The first-order valence-corrected chi connectivity index (χ1v) is 9.46. The number of nitrogens with zero attached hydrogens (tertiary/aromatic N) is 1. The lowest BCUT2D eigenvalue weighted by Gasteiger charge is -2.38. The van der Waals surface area contributed by atoms with E-state index in [-0.39, 0.29) is 0 Å². The lowest BCUT2D eigenvalue weighted by atomic mass is 9.76. The van der Waals surface area contributed by atoms with Crippen LogP contribution in [0.3, 0.4) is 0 Å². The first-order valence-electron chi connectivity index (χ1n) is 8.30. The molecule has 1 aliphatic heterocycles. The lowest BCUT2D eigenvalue weighted by Crippen LogP contribution is -2.45. The SMILES string of the molecule is CCCC1CCC(NC)C(CN2CCCSCC2)C1. The molecule has 1 N–H and O–H groups in total. The van der Waals surface area contributed by atoms with Crippen LogP contribution in [0, 0.1) is 11.8 Å². The van der Waals surface area contributed by atoms with Crippen molar-refractivity contribution >= 4 is 11.8 Å². The highest BCUT2D eigenvalue weighted by Crippen LogP contribution is 2.33. The largest absolute Gasteiger partial charge is 0.317 e. The third kappa shape index (κ3) is 4.95. The van der Waals surface area contributed by atoms with E-state index in [0.29, 0.717) is 0 Å². The van der Waals surface area contributed by atoms with Gasteiger partial charge in [-0.3, -0.25) is 0 Å². The van der Waals surface area contributed by atoms with Crippen LogP contribution in [0.15, 0.2) is 0 Å². The molecule has 0 aromatic heterocycles. The fourth-order valence-electron chi connectivity index (χ4n) is 3.93. The molecule has 0 amide bonds. The first-order chi connectivity index (χ1) is 9.33. The van der Waals surface area contributed by atoms with Crippen LogP contribution in [0.1, 0.15) is 45.4 Å². The van der Waals surface area contributed by atoms with Crippen molar-refractivity contribution in [3.05, 3.63) is 0 Å². The molecule has 1 aliphatic carbocycles. The highest BCUT2D eigenvalue weighted by molar-refractivity contribution is 7.99. The van der Waals surface area contributed by atoms with E-state index in [9.17, 15) is 0 Å². The van der Waals surface area contributed by atoms with Crippen molar-refractivity contribution in [1.29, 1.82) is 0 Å². The van der Waals surface area contributed by atoms with Gasteiger partial charge in [-0.05, 0) is 56.9 Å². The molecule has 2 nitrogen and oxygen atoms in total. The summed E-state index contributed by atoms with van der Waals surface area (Å²) in [7, 11) is 2.16. The smallest absolute Gasteiger partial charge is 0.0105 e. The Morgan fingerprint density at radius 2 is 2.11 bits per heavy atom. The van der Waals surface area contributed by atoms with E-state index >= 15 is 0 Å². The van der Waals surface area contributed by atoms with E-state index < -0.39 is 0 Å². The Bertz CT molecular complexity index is 239. The molecule has 112 valence electrons. The minimum atomic E-state index is 0.768.